The molecule has 0 spiro atoms. The van der Waals surface area contributed by atoms with Crippen LogP contribution in [0.3, 0.4) is 0 Å². The van der Waals surface area contributed by atoms with Crippen LogP contribution in [0.15, 0.2) is 54.0 Å². The summed E-state index contributed by atoms with van der Waals surface area (Å²) in [6.45, 7) is 0. The second kappa shape index (κ2) is 6.52. The van der Waals surface area contributed by atoms with Crippen LogP contribution in [-0.4, -0.2) is 9.97 Å². The molecule has 0 atom stereocenters. The summed E-state index contributed by atoms with van der Waals surface area (Å²) in [6, 6.07) is 15.2. The molecule has 22 heavy (non-hydrogen) atoms. The molecule has 0 unspecified atom stereocenters. The van der Waals surface area contributed by atoms with Crippen molar-refractivity contribution in [3.8, 4) is 16.6 Å². The highest BCUT2D eigenvalue weighted by Crippen LogP contribution is 2.26. The molecule has 0 aliphatic rings. The normalized spacial score (nSPS) is 11.2. The van der Waals surface area contributed by atoms with E-state index in [2.05, 4.69) is 16.0 Å². The molecule has 5 heteroatoms. The standard InChI is InChI=1S/C17H10ClN3S/c18-14-6-4-12(5-7-14)17-21-15(11-22-17)9-13(10-19)16-3-1-2-8-20-16/h1-9,11H/b13-9+. The van der Waals surface area contributed by atoms with Gasteiger partial charge in [0.25, 0.3) is 0 Å². The first kappa shape index (κ1) is 14.5. The second-order valence-electron chi connectivity index (χ2n) is 4.47. The third-order valence-corrected chi connectivity index (χ3v) is 4.13. The molecule has 2 heterocycles. The van der Waals surface area contributed by atoms with Crippen LogP contribution in [0.2, 0.25) is 5.02 Å². The van der Waals surface area contributed by atoms with Crippen molar-refractivity contribution in [3.05, 3.63) is 70.5 Å². The molecule has 0 radical (unpaired) electrons. The molecule has 2 aromatic heterocycles. The highest BCUT2D eigenvalue weighted by molar-refractivity contribution is 7.13. The van der Waals surface area contributed by atoms with E-state index < -0.39 is 0 Å². The van der Waals surface area contributed by atoms with Gasteiger partial charge in [-0.1, -0.05) is 29.8 Å². The van der Waals surface area contributed by atoms with E-state index in [-0.39, 0.29) is 0 Å². The maximum atomic E-state index is 9.30. The highest BCUT2D eigenvalue weighted by atomic mass is 35.5. The molecule has 0 amide bonds. The van der Waals surface area contributed by atoms with Gasteiger partial charge in [0.1, 0.15) is 11.1 Å². The Hall–Kier alpha value is -2.48. The number of hydrogen-bond acceptors (Lipinski definition) is 4. The van der Waals surface area contributed by atoms with Crippen molar-refractivity contribution in [2.24, 2.45) is 0 Å². The highest BCUT2D eigenvalue weighted by Gasteiger charge is 2.06. The monoisotopic (exact) mass is 323 g/mol. The van der Waals surface area contributed by atoms with Gasteiger partial charge in [0, 0.05) is 22.2 Å². The molecule has 0 saturated carbocycles. The van der Waals surface area contributed by atoms with Crippen LogP contribution < -0.4 is 0 Å². The lowest BCUT2D eigenvalue weighted by atomic mass is 10.1. The molecule has 3 aromatic rings. The van der Waals surface area contributed by atoms with E-state index in [1.165, 1.54) is 11.3 Å². The van der Waals surface area contributed by atoms with Gasteiger partial charge in [-0.25, -0.2) is 4.98 Å². The van der Waals surface area contributed by atoms with Crippen molar-refractivity contribution in [2.45, 2.75) is 0 Å². The van der Waals surface area contributed by atoms with Gasteiger partial charge in [0.2, 0.25) is 0 Å². The number of allylic oxidation sites excluding steroid dienone is 1. The summed E-state index contributed by atoms with van der Waals surface area (Å²) < 4.78 is 0. The van der Waals surface area contributed by atoms with Gasteiger partial charge in [0.15, 0.2) is 0 Å². The van der Waals surface area contributed by atoms with Gasteiger partial charge < -0.3 is 0 Å². The number of benzene rings is 1. The molecule has 1 aromatic carbocycles. The van der Waals surface area contributed by atoms with E-state index >= 15 is 0 Å². The first-order valence-corrected chi connectivity index (χ1v) is 7.77. The summed E-state index contributed by atoms with van der Waals surface area (Å²) in [4.78, 5) is 8.73. The van der Waals surface area contributed by atoms with E-state index in [1.54, 1.807) is 12.3 Å². The zero-order valence-corrected chi connectivity index (χ0v) is 13.0. The SMILES string of the molecule is N#C/C(=C\c1csc(-c2ccc(Cl)cc2)n1)c1ccccn1. The minimum atomic E-state index is 0.494. The zero-order chi connectivity index (χ0) is 15.4. The van der Waals surface area contributed by atoms with E-state index in [0.717, 1.165) is 16.3 Å². The topological polar surface area (TPSA) is 49.6 Å². The number of halogens is 1. The maximum absolute atomic E-state index is 9.30. The molecule has 3 nitrogen and oxygen atoms in total. The first-order valence-electron chi connectivity index (χ1n) is 6.51. The molecule has 0 aliphatic heterocycles. The lowest BCUT2D eigenvalue weighted by Crippen LogP contribution is -1.86. The average molecular weight is 324 g/mol. The molecular weight excluding hydrogens is 314 g/mol. The van der Waals surface area contributed by atoms with Crippen LogP contribution >= 0.6 is 22.9 Å². The number of nitriles is 1. The van der Waals surface area contributed by atoms with Crippen molar-refractivity contribution in [1.82, 2.24) is 9.97 Å². The predicted molar refractivity (Wildman–Crippen MR) is 90.3 cm³/mol. The molecule has 3 rings (SSSR count). The predicted octanol–water partition coefficient (Wildman–Crippen LogP) is 4.92. The third kappa shape index (κ3) is 3.22. The van der Waals surface area contributed by atoms with Gasteiger partial charge in [-0.2, -0.15) is 5.26 Å². The van der Waals surface area contributed by atoms with E-state index in [4.69, 9.17) is 11.6 Å². The van der Waals surface area contributed by atoms with Crippen molar-refractivity contribution >= 4 is 34.6 Å². The summed E-state index contributed by atoms with van der Waals surface area (Å²) in [5, 5.41) is 12.8. The minimum Gasteiger partial charge on any atom is -0.256 e. The lowest BCUT2D eigenvalue weighted by Gasteiger charge is -1.96. The van der Waals surface area contributed by atoms with Gasteiger partial charge in [0.05, 0.1) is 17.0 Å². The molecule has 0 N–H and O–H groups in total. The van der Waals surface area contributed by atoms with E-state index in [0.29, 0.717) is 16.3 Å². The third-order valence-electron chi connectivity index (χ3n) is 2.97. The van der Waals surface area contributed by atoms with E-state index in [9.17, 15) is 5.26 Å². The van der Waals surface area contributed by atoms with Crippen LogP contribution in [0.1, 0.15) is 11.4 Å². The Balaban J connectivity index is 1.92. The van der Waals surface area contributed by atoms with Gasteiger partial charge >= 0.3 is 0 Å². The number of hydrogen-bond donors (Lipinski definition) is 0. The quantitative estimate of drug-likeness (QED) is 0.642. The Labute approximate surface area is 137 Å². The smallest absolute Gasteiger partial charge is 0.124 e. The van der Waals surface area contributed by atoms with Crippen LogP contribution in [0.25, 0.3) is 22.2 Å². The Morgan fingerprint density at radius 2 is 2.00 bits per heavy atom. The first-order chi connectivity index (χ1) is 10.8. The number of rotatable bonds is 3. The second-order valence-corrected chi connectivity index (χ2v) is 5.76. The number of pyridine rings is 1. The molecule has 0 saturated heterocycles. The van der Waals surface area contributed by atoms with Crippen LogP contribution in [0.4, 0.5) is 0 Å². The summed E-state index contributed by atoms with van der Waals surface area (Å²) in [5.74, 6) is 0. The van der Waals surface area contributed by atoms with Crippen molar-refractivity contribution < 1.29 is 0 Å². The molecule has 106 valence electrons. The average Bonchev–Trinajstić information content (AvgIpc) is 3.03. The molecule has 0 fully saturated rings. The molecule has 0 bridgehead atoms. The fraction of sp³-hybridized carbons (Fsp3) is 0. The molecular formula is C17H10ClN3S. The van der Waals surface area contributed by atoms with Crippen molar-refractivity contribution in [1.29, 1.82) is 5.26 Å². The molecule has 0 aliphatic carbocycles. The van der Waals surface area contributed by atoms with Crippen LogP contribution in [0, 0.1) is 11.3 Å². The summed E-state index contributed by atoms with van der Waals surface area (Å²) in [7, 11) is 0. The van der Waals surface area contributed by atoms with Gasteiger partial charge in [-0.05, 0) is 30.3 Å². The minimum absolute atomic E-state index is 0.494. The van der Waals surface area contributed by atoms with Crippen molar-refractivity contribution in [2.75, 3.05) is 0 Å². The number of aromatic nitrogens is 2. The Morgan fingerprint density at radius 3 is 2.68 bits per heavy atom. The lowest BCUT2D eigenvalue weighted by molar-refractivity contribution is 1.28. The fourth-order valence-electron chi connectivity index (χ4n) is 1.91. The summed E-state index contributed by atoms with van der Waals surface area (Å²) >= 11 is 7.42. The largest absolute Gasteiger partial charge is 0.256 e. The fourth-order valence-corrected chi connectivity index (χ4v) is 2.82. The van der Waals surface area contributed by atoms with E-state index in [1.807, 2.05) is 47.8 Å². The zero-order valence-electron chi connectivity index (χ0n) is 11.4. The van der Waals surface area contributed by atoms with Gasteiger partial charge in [-0.3, -0.25) is 4.98 Å². The Kier molecular flexibility index (Phi) is 4.29. The Bertz CT molecular complexity index is 846. The van der Waals surface area contributed by atoms with Crippen LogP contribution in [0.5, 0.6) is 0 Å². The van der Waals surface area contributed by atoms with Crippen molar-refractivity contribution in [3.63, 3.8) is 0 Å². The summed E-state index contributed by atoms with van der Waals surface area (Å²) in [5.41, 5.74) is 2.89. The number of nitrogens with zero attached hydrogens (tertiary/aromatic N) is 3. The maximum Gasteiger partial charge on any atom is 0.124 e. The van der Waals surface area contributed by atoms with Gasteiger partial charge in [-0.15, -0.1) is 11.3 Å². The summed E-state index contributed by atoms with van der Waals surface area (Å²) in [6.07, 6.45) is 3.42. The Morgan fingerprint density at radius 1 is 1.18 bits per heavy atom. The van der Waals surface area contributed by atoms with Crippen LogP contribution in [-0.2, 0) is 0 Å². The number of thiazole rings is 1.